The number of amides is 2. The van der Waals surface area contributed by atoms with E-state index >= 15 is 0 Å². The molecule has 5 aromatic carbocycles. The number of carbonyl (C=O) groups excluding carboxylic acids is 2. The van der Waals surface area contributed by atoms with E-state index in [4.69, 9.17) is 0 Å². The van der Waals surface area contributed by atoms with Crippen molar-refractivity contribution in [3.63, 3.8) is 0 Å². The molecular weight excluding hydrogens is 855 g/mol. The summed E-state index contributed by atoms with van der Waals surface area (Å²) >= 11 is 0. The molecule has 0 saturated heterocycles. The second-order valence-electron chi connectivity index (χ2n) is 10.5. The van der Waals surface area contributed by atoms with Crippen molar-refractivity contribution in [1.82, 2.24) is 0 Å². The third-order valence-electron chi connectivity index (χ3n) is 7.09. The van der Waals surface area contributed by atoms with Gasteiger partial charge in [-0.15, -0.1) is 0 Å². The first-order valence-electron chi connectivity index (χ1n) is 13.3. The Morgan fingerprint density at radius 1 is 0.473 bits per heavy atom. The van der Waals surface area contributed by atoms with Crippen molar-refractivity contribution in [1.29, 1.82) is 0 Å². The van der Waals surface area contributed by atoms with Crippen molar-refractivity contribution in [3.05, 3.63) is 100 Å². The molecule has 19 nitrogen and oxygen atoms in total. The Bertz CT molecular complexity index is 2660. The van der Waals surface area contributed by atoms with Gasteiger partial charge >= 0.3 is 118 Å². The number of anilines is 2. The Morgan fingerprint density at radius 3 is 1.11 bits per heavy atom. The number of nitro groups is 1. The monoisotopic (exact) mass is 869 g/mol. The molecule has 0 aliphatic heterocycles. The summed E-state index contributed by atoms with van der Waals surface area (Å²) in [5.41, 5.74) is -3.56. The zero-order valence-electron chi connectivity index (χ0n) is 28.6. The summed E-state index contributed by atoms with van der Waals surface area (Å²) in [6, 6.07) is 10.8. The van der Waals surface area contributed by atoms with Gasteiger partial charge in [0.15, 0.2) is 0 Å². The zero-order chi connectivity index (χ0) is 37.8. The number of hydrogen-bond donors (Lipinski definition) is 2. The van der Waals surface area contributed by atoms with Crippen LogP contribution >= 0.6 is 0 Å². The summed E-state index contributed by atoms with van der Waals surface area (Å²) in [7, 11) is -20.8. The number of nitrogens with one attached hydrogen (secondary N) is 2. The molecule has 0 unspecified atom stereocenters. The quantitative estimate of drug-likeness (QED) is 0.0601. The standard InChI is InChI=1S/C28H19N3O16S4.4Na/c32-27(29-23-10-14-1-3-21(48(36,37)38)8-16(14)12-25(23)50(42,43)44)18-5-19(7-20(6-18)31(34)35)28(33)30-24-11-15-2-4-22(49(39,40)41)9-17(15)13-26(24)51(45,46)47;;;;/h1-13H,(H,29,32)(H,30,33)(H,36,37,38)(H,39,40,41)(H,42,43,44)(H,45,46,47);;;;/q;4*+1/p-4. The Hall–Kier alpha value is -1.40. The van der Waals surface area contributed by atoms with Gasteiger partial charge in [-0.3, -0.25) is 19.7 Å². The van der Waals surface area contributed by atoms with Gasteiger partial charge in [0.05, 0.1) is 35.9 Å². The van der Waals surface area contributed by atoms with E-state index in [9.17, 15) is 71.6 Å². The third kappa shape index (κ3) is 12.3. The molecule has 0 bridgehead atoms. The van der Waals surface area contributed by atoms with Crippen LogP contribution in [0.4, 0.5) is 17.1 Å². The summed E-state index contributed by atoms with van der Waals surface area (Å²) in [6.45, 7) is 0. The van der Waals surface area contributed by atoms with Crippen molar-refractivity contribution in [2.24, 2.45) is 0 Å². The molecule has 2 amide bonds. The van der Waals surface area contributed by atoms with E-state index in [1.807, 2.05) is 0 Å². The molecule has 0 spiro atoms. The first-order valence-corrected chi connectivity index (χ1v) is 19.0. The topological polar surface area (TPSA) is 330 Å². The molecule has 0 aliphatic rings. The van der Waals surface area contributed by atoms with Gasteiger partial charge in [-0.1, -0.05) is 12.1 Å². The molecule has 5 aromatic rings. The van der Waals surface area contributed by atoms with Crippen LogP contribution in [0.2, 0.25) is 0 Å². The summed E-state index contributed by atoms with van der Waals surface area (Å²) in [5, 5.41) is 15.5. The van der Waals surface area contributed by atoms with Crippen molar-refractivity contribution < 1.29 is 185 Å². The molecular formula is C28H15N3Na4O16S4. The van der Waals surface area contributed by atoms with Crippen molar-refractivity contribution in [3.8, 4) is 0 Å². The fourth-order valence-corrected chi connectivity index (χ4v) is 7.11. The molecule has 0 aromatic heterocycles. The molecule has 27 heteroatoms. The maximum Gasteiger partial charge on any atom is 1.00 e. The van der Waals surface area contributed by atoms with Crippen molar-refractivity contribution in [2.75, 3.05) is 10.6 Å². The number of rotatable bonds is 9. The molecule has 0 aliphatic carbocycles. The van der Waals surface area contributed by atoms with E-state index in [2.05, 4.69) is 10.6 Å². The fraction of sp³-hybridized carbons (Fsp3) is 0. The average molecular weight is 870 g/mol. The average Bonchev–Trinajstić information content (AvgIpc) is 3.01. The van der Waals surface area contributed by atoms with Crippen LogP contribution in [0, 0.1) is 10.1 Å². The summed E-state index contributed by atoms with van der Waals surface area (Å²) < 4.78 is 141. The van der Waals surface area contributed by atoms with Gasteiger partial charge in [0.2, 0.25) is 0 Å². The van der Waals surface area contributed by atoms with E-state index in [-0.39, 0.29) is 140 Å². The van der Waals surface area contributed by atoms with Crippen LogP contribution in [0.3, 0.4) is 0 Å². The third-order valence-corrected chi connectivity index (χ3v) is 10.5. The second-order valence-corrected chi connectivity index (χ2v) is 15.9. The van der Waals surface area contributed by atoms with E-state index in [0.29, 0.717) is 24.3 Å². The molecule has 2 N–H and O–H groups in total. The Labute approximate surface area is 400 Å². The van der Waals surface area contributed by atoms with Crippen molar-refractivity contribution >= 4 is 90.9 Å². The van der Waals surface area contributed by atoms with E-state index in [1.165, 1.54) is 0 Å². The van der Waals surface area contributed by atoms with Crippen LogP contribution in [0.25, 0.3) is 21.5 Å². The summed E-state index contributed by atoms with van der Waals surface area (Å²) in [4.78, 5) is 33.6. The van der Waals surface area contributed by atoms with E-state index in [1.54, 1.807) is 0 Å². The number of hydrogen-bond acceptors (Lipinski definition) is 16. The molecule has 0 radical (unpaired) electrons. The van der Waals surface area contributed by atoms with Gasteiger partial charge in [-0.05, 0) is 76.1 Å². The predicted octanol–water partition coefficient (Wildman–Crippen LogP) is -9.96. The van der Waals surface area contributed by atoms with Crippen LogP contribution < -0.4 is 129 Å². The first kappa shape index (κ1) is 51.6. The van der Waals surface area contributed by atoms with Crippen molar-refractivity contribution in [2.45, 2.75) is 19.6 Å². The van der Waals surface area contributed by atoms with Crippen LogP contribution in [-0.2, 0) is 40.5 Å². The molecule has 266 valence electrons. The number of non-ortho nitro benzene ring substituents is 1. The summed E-state index contributed by atoms with van der Waals surface area (Å²) in [5.74, 6) is -2.62. The number of benzene rings is 5. The SMILES string of the molecule is O=C(Nc1cc2ccc(S(=O)(=O)[O-])cc2cc1S(=O)(=O)[O-])c1cc(C(=O)Nc2cc3ccc(S(=O)(=O)[O-])cc3cc2S(=O)(=O)[O-])cc([N+](=O)[O-])c1.[Na+].[Na+].[Na+].[Na+]. The molecule has 0 fully saturated rings. The Balaban J connectivity index is 0.00000378. The predicted molar refractivity (Wildman–Crippen MR) is 169 cm³/mol. The van der Waals surface area contributed by atoms with E-state index in [0.717, 1.165) is 54.6 Å². The zero-order valence-corrected chi connectivity index (χ0v) is 39.9. The normalized spacial score (nSPS) is 11.6. The minimum Gasteiger partial charge on any atom is -0.744 e. The largest absolute Gasteiger partial charge is 1.00 e. The number of nitrogens with zero attached hydrogens (tertiary/aromatic N) is 1. The molecule has 0 saturated carbocycles. The smallest absolute Gasteiger partial charge is 0.744 e. The molecule has 0 atom stereocenters. The minimum absolute atomic E-state index is 0. The molecule has 0 heterocycles. The van der Waals surface area contributed by atoms with Gasteiger partial charge in [-0.25, -0.2) is 33.7 Å². The minimum atomic E-state index is -5.41. The van der Waals surface area contributed by atoms with Crippen LogP contribution in [0.1, 0.15) is 20.7 Å². The molecule has 55 heavy (non-hydrogen) atoms. The van der Waals surface area contributed by atoms with Gasteiger partial charge in [0.1, 0.15) is 40.5 Å². The molecule has 5 rings (SSSR count). The fourth-order valence-electron chi connectivity index (χ4n) is 4.80. The number of nitro benzene ring substituents is 1. The summed E-state index contributed by atoms with van der Waals surface area (Å²) in [6.07, 6.45) is 0. The van der Waals surface area contributed by atoms with Crippen LogP contribution in [0.15, 0.2) is 98.4 Å². The Morgan fingerprint density at radius 2 is 0.818 bits per heavy atom. The maximum absolute atomic E-state index is 13.3. The number of carbonyl (C=O) groups is 2. The van der Waals surface area contributed by atoms with Crippen LogP contribution in [0.5, 0.6) is 0 Å². The van der Waals surface area contributed by atoms with Gasteiger partial charge in [0.25, 0.3) is 17.5 Å². The Kier molecular flexibility index (Phi) is 17.9. The van der Waals surface area contributed by atoms with Gasteiger partial charge < -0.3 is 28.8 Å². The number of fused-ring (bicyclic) bond motifs is 2. The van der Waals surface area contributed by atoms with Gasteiger partial charge in [0, 0.05) is 23.3 Å². The maximum atomic E-state index is 13.3. The van der Waals surface area contributed by atoms with Gasteiger partial charge in [-0.2, -0.15) is 0 Å². The van der Waals surface area contributed by atoms with Crippen LogP contribution in [-0.4, -0.2) is 68.6 Å². The van der Waals surface area contributed by atoms with E-state index < -0.39 is 105 Å². The first-order chi connectivity index (χ1) is 23.4. The second kappa shape index (κ2) is 19.1.